The number of hydrogen-bond acceptors (Lipinski definition) is 6. The Kier molecular flexibility index (Phi) is 8.79. The first-order valence-corrected chi connectivity index (χ1v) is 9.43. The van der Waals surface area contributed by atoms with E-state index in [1.165, 1.54) is 6.07 Å². The fraction of sp³-hybridized carbons (Fsp3) is 0.611. The van der Waals surface area contributed by atoms with Gasteiger partial charge in [-0.3, -0.25) is 20.0 Å². The number of anilines is 1. The number of rotatable bonds is 9. The predicted octanol–water partition coefficient (Wildman–Crippen LogP) is 1.28. The largest absolute Gasteiger partial charge is 0.379 e. The molecule has 0 bridgehead atoms. The van der Waals surface area contributed by atoms with Gasteiger partial charge in [0.1, 0.15) is 5.69 Å². The van der Waals surface area contributed by atoms with Crippen molar-refractivity contribution >= 4 is 17.3 Å². The fourth-order valence-electron chi connectivity index (χ4n) is 2.86. The fourth-order valence-corrected chi connectivity index (χ4v) is 2.86. The van der Waals surface area contributed by atoms with E-state index in [1.54, 1.807) is 18.2 Å². The van der Waals surface area contributed by atoms with Crippen LogP contribution in [0.15, 0.2) is 29.3 Å². The third kappa shape index (κ3) is 7.03. The van der Waals surface area contributed by atoms with Gasteiger partial charge in [-0.15, -0.1) is 0 Å². The van der Waals surface area contributed by atoms with Crippen LogP contribution in [0.25, 0.3) is 0 Å². The lowest BCUT2D eigenvalue weighted by molar-refractivity contribution is -0.384. The summed E-state index contributed by atoms with van der Waals surface area (Å²) in [5.74, 6) is 0.752. The molecule has 0 saturated carbocycles. The van der Waals surface area contributed by atoms with Crippen molar-refractivity contribution in [3.63, 3.8) is 0 Å². The maximum absolute atomic E-state index is 11.0. The van der Waals surface area contributed by atoms with Crippen LogP contribution in [0.1, 0.15) is 13.8 Å². The van der Waals surface area contributed by atoms with Crippen LogP contribution in [0, 0.1) is 10.1 Å². The number of guanidine groups is 1. The molecule has 1 saturated heterocycles. The van der Waals surface area contributed by atoms with Gasteiger partial charge in [0.05, 0.1) is 24.7 Å². The molecule has 0 spiro atoms. The Morgan fingerprint density at radius 3 is 2.74 bits per heavy atom. The molecule has 27 heavy (non-hydrogen) atoms. The number of nitrogens with zero attached hydrogens (tertiary/aromatic N) is 3. The smallest absolute Gasteiger partial charge is 0.292 e. The Morgan fingerprint density at radius 1 is 1.30 bits per heavy atom. The first-order valence-electron chi connectivity index (χ1n) is 9.43. The number of para-hydroxylation sites is 2. The summed E-state index contributed by atoms with van der Waals surface area (Å²) in [5.41, 5.74) is 0.601. The number of aliphatic imine (C=N–C) groups is 1. The van der Waals surface area contributed by atoms with Gasteiger partial charge in [-0.25, -0.2) is 0 Å². The molecule has 0 amide bonds. The average Bonchev–Trinajstić information content (AvgIpc) is 2.69. The number of ether oxygens (including phenoxy) is 1. The first kappa shape index (κ1) is 20.9. The van der Waals surface area contributed by atoms with E-state index in [9.17, 15) is 10.1 Å². The highest BCUT2D eigenvalue weighted by Gasteiger charge is 2.16. The maximum Gasteiger partial charge on any atom is 0.292 e. The molecular formula is C18H30N6O3. The lowest BCUT2D eigenvalue weighted by Crippen LogP contribution is -2.45. The molecule has 1 heterocycles. The van der Waals surface area contributed by atoms with Crippen molar-refractivity contribution in [2.75, 3.05) is 57.8 Å². The number of benzene rings is 1. The van der Waals surface area contributed by atoms with Crippen molar-refractivity contribution in [3.8, 4) is 0 Å². The molecule has 3 N–H and O–H groups in total. The molecule has 1 aromatic rings. The molecule has 2 rings (SSSR count). The van der Waals surface area contributed by atoms with Gasteiger partial charge in [0, 0.05) is 44.8 Å². The summed E-state index contributed by atoms with van der Waals surface area (Å²) in [5, 5.41) is 20.6. The van der Waals surface area contributed by atoms with Gasteiger partial charge >= 0.3 is 0 Å². The number of morpholine rings is 1. The van der Waals surface area contributed by atoms with Gasteiger partial charge in [0.15, 0.2) is 5.96 Å². The Bertz CT molecular complexity index is 619. The zero-order chi connectivity index (χ0) is 19.5. The van der Waals surface area contributed by atoms with Crippen LogP contribution < -0.4 is 16.0 Å². The molecule has 1 aliphatic heterocycles. The SMILES string of the molecule is CCNC(=NCC(C)N1CCOCC1)NCCNc1ccccc1[N+](=O)[O-]. The van der Waals surface area contributed by atoms with Crippen LogP contribution in [0.4, 0.5) is 11.4 Å². The highest BCUT2D eigenvalue weighted by atomic mass is 16.6. The summed E-state index contributed by atoms with van der Waals surface area (Å²) in [4.78, 5) is 17.7. The molecule has 1 aliphatic rings. The van der Waals surface area contributed by atoms with E-state index in [-0.39, 0.29) is 10.6 Å². The van der Waals surface area contributed by atoms with E-state index < -0.39 is 0 Å². The number of nitrogens with one attached hydrogen (secondary N) is 3. The molecule has 1 unspecified atom stereocenters. The van der Waals surface area contributed by atoms with Gasteiger partial charge in [0.25, 0.3) is 5.69 Å². The molecule has 9 nitrogen and oxygen atoms in total. The quantitative estimate of drug-likeness (QED) is 0.195. The maximum atomic E-state index is 11.0. The van der Waals surface area contributed by atoms with Gasteiger partial charge in [0.2, 0.25) is 0 Å². The number of nitro groups is 1. The highest BCUT2D eigenvalue weighted by molar-refractivity contribution is 5.79. The second kappa shape index (κ2) is 11.3. The van der Waals surface area contributed by atoms with Crippen LogP contribution in [-0.2, 0) is 4.74 Å². The lowest BCUT2D eigenvalue weighted by Gasteiger charge is -2.31. The molecule has 0 radical (unpaired) electrons. The standard InChI is InChI=1S/C18H30N6O3/c1-3-19-18(22-14-15(2)23-10-12-27-13-11-23)21-9-8-20-16-6-4-5-7-17(16)24(25)26/h4-7,15,20H,3,8-14H2,1-2H3,(H2,19,21,22). The van der Waals surface area contributed by atoms with Gasteiger partial charge in [-0.05, 0) is 19.9 Å². The molecule has 0 aromatic heterocycles. The summed E-state index contributed by atoms with van der Waals surface area (Å²) in [6.07, 6.45) is 0. The third-order valence-electron chi connectivity index (χ3n) is 4.36. The molecule has 1 fully saturated rings. The van der Waals surface area contributed by atoms with E-state index in [2.05, 4.69) is 32.8 Å². The zero-order valence-electron chi connectivity index (χ0n) is 16.1. The van der Waals surface area contributed by atoms with Gasteiger partial charge in [-0.2, -0.15) is 0 Å². The normalized spacial score (nSPS) is 16.6. The van der Waals surface area contributed by atoms with E-state index in [1.807, 2.05) is 6.92 Å². The molecular weight excluding hydrogens is 348 g/mol. The van der Waals surface area contributed by atoms with Crippen molar-refractivity contribution < 1.29 is 9.66 Å². The van der Waals surface area contributed by atoms with Crippen molar-refractivity contribution in [1.29, 1.82) is 0 Å². The van der Waals surface area contributed by atoms with Crippen LogP contribution in [0.5, 0.6) is 0 Å². The van der Waals surface area contributed by atoms with Crippen LogP contribution in [-0.4, -0.2) is 74.3 Å². The topological polar surface area (TPSA) is 104 Å². The minimum absolute atomic E-state index is 0.0809. The Hall–Kier alpha value is -2.39. The van der Waals surface area contributed by atoms with E-state index in [0.29, 0.717) is 31.4 Å². The van der Waals surface area contributed by atoms with Crippen molar-refractivity contribution in [1.82, 2.24) is 15.5 Å². The van der Waals surface area contributed by atoms with Gasteiger partial charge < -0.3 is 20.7 Å². The summed E-state index contributed by atoms with van der Waals surface area (Å²) in [6.45, 7) is 10.3. The summed E-state index contributed by atoms with van der Waals surface area (Å²) >= 11 is 0. The monoisotopic (exact) mass is 378 g/mol. The average molecular weight is 378 g/mol. The highest BCUT2D eigenvalue weighted by Crippen LogP contribution is 2.22. The van der Waals surface area contributed by atoms with Crippen molar-refractivity contribution in [2.45, 2.75) is 19.9 Å². The second-order valence-corrected chi connectivity index (χ2v) is 6.34. The second-order valence-electron chi connectivity index (χ2n) is 6.34. The summed E-state index contributed by atoms with van der Waals surface area (Å²) < 4.78 is 5.39. The summed E-state index contributed by atoms with van der Waals surface area (Å²) in [6, 6.07) is 7.00. The minimum atomic E-state index is -0.381. The Labute approximate surface area is 160 Å². The minimum Gasteiger partial charge on any atom is -0.379 e. The molecule has 1 aromatic carbocycles. The number of hydrogen-bond donors (Lipinski definition) is 3. The zero-order valence-corrected chi connectivity index (χ0v) is 16.1. The van der Waals surface area contributed by atoms with Crippen molar-refractivity contribution in [3.05, 3.63) is 34.4 Å². The van der Waals surface area contributed by atoms with Gasteiger partial charge in [-0.1, -0.05) is 12.1 Å². The number of nitro benzene ring substituents is 1. The van der Waals surface area contributed by atoms with E-state index >= 15 is 0 Å². The van der Waals surface area contributed by atoms with E-state index in [4.69, 9.17) is 4.74 Å². The van der Waals surface area contributed by atoms with E-state index in [0.717, 1.165) is 38.8 Å². The molecule has 150 valence electrons. The summed E-state index contributed by atoms with van der Waals surface area (Å²) in [7, 11) is 0. The first-order chi connectivity index (χ1) is 13.1. The van der Waals surface area contributed by atoms with Crippen LogP contribution in [0.2, 0.25) is 0 Å². The molecule has 0 aliphatic carbocycles. The van der Waals surface area contributed by atoms with Crippen molar-refractivity contribution in [2.24, 2.45) is 4.99 Å². The molecule has 1 atom stereocenters. The van der Waals surface area contributed by atoms with Crippen LogP contribution in [0.3, 0.4) is 0 Å². The molecule has 9 heteroatoms. The Balaban J connectivity index is 1.79. The predicted molar refractivity (Wildman–Crippen MR) is 107 cm³/mol. The third-order valence-corrected chi connectivity index (χ3v) is 4.36. The van der Waals surface area contributed by atoms with Crippen LogP contribution >= 0.6 is 0 Å². The Morgan fingerprint density at radius 2 is 2.04 bits per heavy atom. The lowest BCUT2D eigenvalue weighted by atomic mass is 10.2.